The van der Waals surface area contributed by atoms with E-state index in [9.17, 15) is 4.79 Å². The molecular weight excluding hydrogens is 166 g/mol. The van der Waals surface area contributed by atoms with E-state index in [4.69, 9.17) is 5.73 Å². The van der Waals surface area contributed by atoms with Gasteiger partial charge < -0.3 is 10.6 Å². The fourth-order valence-corrected chi connectivity index (χ4v) is 1.78. The molecule has 0 radical (unpaired) electrons. The van der Waals surface area contributed by atoms with Gasteiger partial charge in [-0.2, -0.15) is 0 Å². The highest BCUT2D eigenvalue weighted by atomic mass is 16.2. The topological polar surface area (TPSA) is 49.6 Å². The van der Waals surface area contributed by atoms with Crippen molar-refractivity contribution >= 4 is 5.91 Å². The van der Waals surface area contributed by atoms with Gasteiger partial charge in [0.2, 0.25) is 5.91 Å². The Kier molecular flexibility index (Phi) is 3.69. The number of nitrogens with two attached hydrogens (primary N) is 1. The maximum absolute atomic E-state index is 11.1. The molecule has 1 rings (SSSR count). The van der Waals surface area contributed by atoms with Gasteiger partial charge >= 0.3 is 0 Å². The fraction of sp³-hybridized carbons (Fsp3) is 0.889. The second-order valence-electron chi connectivity index (χ2n) is 3.64. The smallest absolute Gasteiger partial charge is 0.219 e. The molecule has 0 aliphatic carbocycles. The largest absolute Gasteiger partial charge is 0.340 e. The molecule has 1 saturated heterocycles. The van der Waals surface area contributed by atoms with Crippen molar-refractivity contribution in [2.24, 2.45) is 5.73 Å². The molecule has 0 aromatic heterocycles. The van der Waals surface area contributed by atoms with Gasteiger partial charge in [0.25, 0.3) is 0 Å². The van der Waals surface area contributed by atoms with Crippen molar-refractivity contribution in [3.8, 4) is 0 Å². The number of hydrogen-bond donors (Lipinski definition) is 1. The normalized spacial score (nSPS) is 24.8. The van der Waals surface area contributed by atoms with Crippen molar-refractivity contribution in [3.63, 3.8) is 0 Å². The summed E-state index contributed by atoms with van der Waals surface area (Å²) in [6.45, 7) is 8.06. The lowest BCUT2D eigenvalue weighted by atomic mass is 10.2. The Labute approximate surface area is 79.7 Å². The van der Waals surface area contributed by atoms with E-state index in [-0.39, 0.29) is 5.91 Å². The number of nitrogens with zero attached hydrogens (tertiary/aromatic N) is 2. The average molecular weight is 185 g/mol. The first-order chi connectivity index (χ1) is 6.15. The second kappa shape index (κ2) is 4.58. The van der Waals surface area contributed by atoms with Crippen LogP contribution in [0, 0.1) is 0 Å². The summed E-state index contributed by atoms with van der Waals surface area (Å²) >= 11 is 0. The molecule has 0 spiro atoms. The number of amides is 1. The number of carbonyl (C=O) groups excluding carboxylic acids is 1. The number of hydrogen-bond acceptors (Lipinski definition) is 3. The molecule has 0 bridgehead atoms. The molecule has 1 atom stereocenters. The van der Waals surface area contributed by atoms with Crippen LogP contribution in [-0.4, -0.2) is 54.5 Å². The van der Waals surface area contributed by atoms with E-state index in [1.807, 2.05) is 4.90 Å². The zero-order chi connectivity index (χ0) is 9.84. The molecule has 0 saturated carbocycles. The summed E-state index contributed by atoms with van der Waals surface area (Å²) < 4.78 is 0. The van der Waals surface area contributed by atoms with Crippen molar-refractivity contribution in [2.45, 2.75) is 19.9 Å². The van der Waals surface area contributed by atoms with Crippen LogP contribution in [0.5, 0.6) is 0 Å². The van der Waals surface area contributed by atoms with Crippen LogP contribution in [0.2, 0.25) is 0 Å². The van der Waals surface area contributed by atoms with Crippen LogP contribution in [0.4, 0.5) is 0 Å². The highest BCUT2D eigenvalue weighted by molar-refractivity contribution is 5.73. The van der Waals surface area contributed by atoms with E-state index in [2.05, 4.69) is 11.8 Å². The van der Waals surface area contributed by atoms with Crippen LogP contribution in [0.3, 0.4) is 0 Å². The Morgan fingerprint density at radius 1 is 1.54 bits per heavy atom. The molecule has 1 aliphatic heterocycles. The van der Waals surface area contributed by atoms with Crippen LogP contribution in [0.1, 0.15) is 13.8 Å². The summed E-state index contributed by atoms with van der Waals surface area (Å²) in [7, 11) is 0. The lowest BCUT2D eigenvalue weighted by Gasteiger charge is -2.39. The molecule has 1 unspecified atom stereocenters. The summed E-state index contributed by atoms with van der Waals surface area (Å²) in [6, 6.07) is 0.446. The zero-order valence-electron chi connectivity index (χ0n) is 8.49. The highest BCUT2D eigenvalue weighted by Crippen LogP contribution is 2.08. The first-order valence-electron chi connectivity index (χ1n) is 4.84. The fourth-order valence-electron chi connectivity index (χ4n) is 1.78. The van der Waals surface area contributed by atoms with Crippen molar-refractivity contribution in [1.82, 2.24) is 9.80 Å². The molecule has 4 nitrogen and oxygen atoms in total. The highest BCUT2D eigenvalue weighted by Gasteiger charge is 2.23. The van der Waals surface area contributed by atoms with E-state index in [1.54, 1.807) is 6.92 Å². The van der Waals surface area contributed by atoms with E-state index >= 15 is 0 Å². The summed E-state index contributed by atoms with van der Waals surface area (Å²) in [5.74, 6) is 0.180. The van der Waals surface area contributed by atoms with Gasteiger partial charge in [-0.15, -0.1) is 0 Å². The number of rotatable bonds is 2. The molecular formula is C9H19N3O. The lowest BCUT2D eigenvalue weighted by Crippen LogP contribution is -2.54. The van der Waals surface area contributed by atoms with Crippen LogP contribution in [-0.2, 0) is 4.79 Å². The standard InChI is InChI=1S/C9H19N3O/c1-8-7-12(9(2)13)6-5-11(8)4-3-10/h8H,3-7,10H2,1-2H3. The number of piperazine rings is 1. The third-order valence-electron chi connectivity index (χ3n) is 2.63. The van der Waals surface area contributed by atoms with Gasteiger partial charge in [0.1, 0.15) is 0 Å². The number of carbonyl (C=O) groups is 1. The minimum Gasteiger partial charge on any atom is -0.340 e. The molecule has 76 valence electrons. The van der Waals surface area contributed by atoms with Crippen molar-refractivity contribution in [1.29, 1.82) is 0 Å². The molecule has 2 N–H and O–H groups in total. The Hall–Kier alpha value is -0.610. The molecule has 0 aromatic carbocycles. The van der Waals surface area contributed by atoms with Crippen molar-refractivity contribution in [3.05, 3.63) is 0 Å². The van der Waals surface area contributed by atoms with Crippen LogP contribution < -0.4 is 5.73 Å². The molecule has 13 heavy (non-hydrogen) atoms. The minimum absolute atomic E-state index is 0.180. The predicted octanol–water partition coefficient (Wildman–Crippen LogP) is -0.502. The van der Waals surface area contributed by atoms with Crippen LogP contribution in [0.15, 0.2) is 0 Å². The molecule has 1 aliphatic rings. The van der Waals surface area contributed by atoms with Crippen LogP contribution >= 0.6 is 0 Å². The van der Waals surface area contributed by atoms with Gasteiger partial charge in [0, 0.05) is 45.7 Å². The molecule has 1 heterocycles. The molecule has 1 fully saturated rings. The Balaban J connectivity index is 2.41. The van der Waals surface area contributed by atoms with Gasteiger partial charge in [-0.25, -0.2) is 0 Å². The van der Waals surface area contributed by atoms with Gasteiger partial charge in [-0.1, -0.05) is 0 Å². The van der Waals surface area contributed by atoms with Gasteiger partial charge in [0.05, 0.1) is 0 Å². The third-order valence-corrected chi connectivity index (χ3v) is 2.63. The second-order valence-corrected chi connectivity index (χ2v) is 3.64. The van der Waals surface area contributed by atoms with E-state index < -0.39 is 0 Å². The Morgan fingerprint density at radius 2 is 2.23 bits per heavy atom. The van der Waals surface area contributed by atoms with Gasteiger partial charge in [-0.05, 0) is 6.92 Å². The summed E-state index contributed by atoms with van der Waals surface area (Å²) in [4.78, 5) is 15.3. The van der Waals surface area contributed by atoms with E-state index in [0.717, 1.165) is 26.2 Å². The van der Waals surface area contributed by atoms with E-state index in [0.29, 0.717) is 12.6 Å². The lowest BCUT2D eigenvalue weighted by molar-refractivity contribution is -0.131. The Bertz CT molecular complexity index is 184. The zero-order valence-corrected chi connectivity index (χ0v) is 8.49. The average Bonchev–Trinajstić information content (AvgIpc) is 2.08. The maximum atomic E-state index is 11.1. The summed E-state index contributed by atoms with van der Waals surface area (Å²) in [5.41, 5.74) is 5.49. The van der Waals surface area contributed by atoms with Gasteiger partial charge in [0.15, 0.2) is 0 Å². The minimum atomic E-state index is 0.180. The predicted molar refractivity (Wildman–Crippen MR) is 52.3 cm³/mol. The summed E-state index contributed by atoms with van der Waals surface area (Å²) in [5, 5.41) is 0. The monoisotopic (exact) mass is 185 g/mol. The molecule has 1 amide bonds. The quantitative estimate of drug-likeness (QED) is 0.631. The van der Waals surface area contributed by atoms with Crippen molar-refractivity contribution < 1.29 is 4.79 Å². The molecule has 4 heteroatoms. The SMILES string of the molecule is CC(=O)N1CCN(CCN)C(C)C1. The Morgan fingerprint density at radius 3 is 2.69 bits per heavy atom. The van der Waals surface area contributed by atoms with Crippen LogP contribution in [0.25, 0.3) is 0 Å². The third kappa shape index (κ3) is 2.67. The van der Waals surface area contributed by atoms with Crippen molar-refractivity contribution in [2.75, 3.05) is 32.7 Å². The molecule has 0 aromatic rings. The summed E-state index contributed by atoms with van der Waals surface area (Å²) in [6.07, 6.45) is 0. The maximum Gasteiger partial charge on any atom is 0.219 e. The first-order valence-corrected chi connectivity index (χ1v) is 4.84. The van der Waals surface area contributed by atoms with Gasteiger partial charge in [-0.3, -0.25) is 9.69 Å². The van der Waals surface area contributed by atoms with E-state index in [1.165, 1.54) is 0 Å². The first kappa shape index (κ1) is 10.5.